The number of nitrogens with one attached hydrogen (secondary N) is 1. The molecule has 0 aliphatic heterocycles. The Balaban J connectivity index is 2.79. The monoisotopic (exact) mass is 237 g/mol. The molecule has 1 aromatic carbocycles. The van der Waals surface area contributed by atoms with Crippen molar-refractivity contribution >= 4 is 5.97 Å². The van der Waals surface area contributed by atoms with E-state index in [0.717, 1.165) is 11.1 Å². The van der Waals surface area contributed by atoms with Gasteiger partial charge in [0.25, 0.3) is 0 Å². The molecule has 0 aromatic heterocycles. The van der Waals surface area contributed by atoms with E-state index < -0.39 is 18.1 Å². The van der Waals surface area contributed by atoms with Crippen molar-refractivity contribution in [3.63, 3.8) is 0 Å². The zero-order chi connectivity index (χ0) is 12.8. The lowest BCUT2D eigenvalue weighted by Crippen LogP contribution is -2.36. The van der Waals surface area contributed by atoms with E-state index in [1.165, 1.54) is 0 Å². The van der Waals surface area contributed by atoms with Gasteiger partial charge in [0.1, 0.15) is 0 Å². The molecule has 3 N–H and O–H groups in total. The molecule has 0 spiro atoms. The molecular weight excluding hydrogens is 218 g/mol. The molecule has 2 atom stereocenters. The summed E-state index contributed by atoms with van der Waals surface area (Å²) in [6.45, 7) is 4.48. The van der Waals surface area contributed by atoms with Crippen molar-refractivity contribution in [2.75, 3.05) is 6.54 Å². The number of benzene rings is 1. The van der Waals surface area contributed by atoms with E-state index in [0.29, 0.717) is 6.54 Å². The molecule has 1 rings (SSSR count). The first-order valence-corrected chi connectivity index (χ1v) is 5.74. The molecule has 2 unspecified atom stereocenters. The highest BCUT2D eigenvalue weighted by Crippen LogP contribution is 2.19. The van der Waals surface area contributed by atoms with Gasteiger partial charge in [-0.3, -0.25) is 4.79 Å². The minimum Gasteiger partial charge on any atom is -0.481 e. The molecular formula is C13H19NO3. The van der Waals surface area contributed by atoms with Crippen molar-refractivity contribution in [2.24, 2.45) is 0 Å². The SMILES string of the molecule is CCNC(CC(=O)O)C(O)c1ccc(C)cc1. The molecule has 94 valence electrons. The van der Waals surface area contributed by atoms with Gasteiger partial charge in [-0.1, -0.05) is 36.8 Å². The molecule has 17 heavy (non-hydrogen) atoms. The van der Waals surface area contributed by atoms with Gasteiger partial charge in [0, 0.05) is 6.04 Å². The molecule has 0 bridgehead atoms. The van der Waals surface area contributed by atoms with Gasteiger partial charge in [-0.15, -0.1) is 0 Å². The lowest BCUT2D eigenvalue weighted by molar-refractivity contribution is -0.138. The average Bonchev–Trinajstić information content (AvgIpc) is 2.28. The van der Waals surface area contributed by atoms with E-state index >= 15 is 0 Å². The third kappa shape index (κ3) is 4.17. The summed E-state index contributed by atoms with van der Waals surface area (Å²) in [6.07, 6.45) is -0.894. The van der Waals surface area contributed by atoms with Crippen LogP contribution in [0.25, 0.3) is 0 Å². The third-order valence-electron chi connectivity index (χ3n) is 2.66. The molecule has 0 amide bonds. The first-order chi connectivity index (χ1) is 8.04. The number of likely N-dealkylation sites (N-methyl/N-ethyl adjacent to an activating group) is 1. The number of aliphatic hydroxyl groups is 1. The van der Waals surface area contributed by atoms with Gasteiger partial charge < -0.3 is 15.5 Å². The Labute approximate surface area is 101 Å². The highest BCUT2D eigenvalue weighted by Gasteiger charge is 2.22. The van der Waals surface area contributed by atoms with E-state index in [-0.39, 0.29) is 6.42 Å². The maximum atomic E-state index is 10.7. The first-order valence-electron chi connectivity index (χ1n) is 5.74. The quantitative estimate of drug-likeness (QED) is 0.701. The number of carboxylic acid groups (broad SMARTS) is 1. The summed E-state index contributed by atoms with van der Waals surface area (Å²) >= 11 is 0. The van der Waals surface area contributed by atoms with Gasteiger partial charge in [-0.25, -0.2) is 0 Å². The van der Waals surface area contributed by atoms with Gasteiger partial charge in [-0.05, 0) is 19.0 Å². The van der Waals surface area contributed by atoms with Crippen molar-refractivity contribution < 1.29 is 15.0 Å². The Morgan fingerprint density at radius 3 is 2.41 bits per heavy atom. The summed E-state index contributed by atoms with van der Waals surface area (Å²) < 4.78 is 0. The van der Waals surface area contributed by atoms with Crippen LogP contribution in [-0.4, -0.2) is 28.8 Å². The lowest BCUT2D eigenvalue weighted by atomic mass is 9.99. The van der Waals surface area contributed by atoms with Crippen LogP contribution in [0.3, 0.4) is 0 Å². The molecule has 0 aliphatic rings. The highest BCUT2D eigenvalue weighted by atomic mass is 16.4. The predicted molar refractivity (Wildman–Crippen MR) is 65.9 cm³/mol. The van der Waals surface area contributed by atoms with Crippen LogP contribution in [0.15, 0.2) is 24.3 Å². The van der Waals surface area contributed by atoms with E-state index in [9.17, 15) is 9.90 Å². The number of aryl methyl sites for hydroxylation is 1. The fourth-order valence-electron chi connectivity index (χ4n) is 1.74. The molecule has 0 heterocycles. The molecule has 4 nitrogen and oxygen atoms in total. The summed E-state index contributed by atoms with van der Waals surface area (Å²) in [7, 11) is 0. The molecule has 0 fully saturated rings. The number of carbonyl (C=O) groups is 1. The number of aliphatic carboxylic acids is 1. The minimum atomic E-state index is -0.915. The Morgan fingerprint density at radius 1 is 1.35 bits per heavy atom. The summed E-state index contributed by atoms with van der Waals surface area (Å²) in [5.74, 6) is -0.915. The van der Waals surface area contributed by atoms with E-state index in [4.69, 9.17) is 5.11 Å². The zero-order valence-electron chi connectivity index (χ0n) is 10.2. The van der Waals surface area contributed by atoms with Gasteiger partial charge >= 0.3 is 5.97 Å². The van der Waals surface area contributed by atoms with Gasteiger partial charge in [0.2, 0.25) is 0 Å². The lowest BCUT2D eigenvalue weighted by Gasteiger charge is -2.22. The predicted octanol–water partition coefficient (Wildman–Crippen LogP) is 1.48. The number of hydrogen-bond donors (Lipinski definition) is 3. The number of hydrogen-bond acceptors (Lipinski definition) is 3. The number of aliphatic hydroxyl groups excluding tert-OH is 1. The Bertz CT molecular complexity index is 361. The van der Waals surface area contributed by atoms with Crippen LogP contribution < -0.4 is 5.32 Å². The van der Waals surface area contributed by atoms with Crippen LogP contribution >= 0.6 is 0 Å². The fraction of sp³-hybridized carbons (Fsp3) is 0.462. The fourth-order valence-corrected chi connectivity index (χ4v) is 1.74. The standard InChI is InChI=1S/C13H19NO3/c1-3-14-11(8-12(15)16)13(17)10-6-4-9(2)5-7-10/h4-7,11,13-14,17H,3,8H2,1-2H3,(H,15,16). The maximum Gasteiger partial charge on any atom is 0.305 e. The normalized spacial score (nSPS) is 14.3. The van der Waals surface area contributed by atoms with Gasteiger partial charge in [-0.2, -0.15) is 0 Å². The molecule has 1 aromatic rings. The summed E-state index contributed by atoms with van der Waals surface area (Å²) in [5, 5.41) is 21.9. The van der Waals surface area contributed by atoms with Crippen molar-refractivity contribution in [1.82, 2.24) is 5.32 Å². The van der Waals surface area contributed by atoms with Gasteiger partial charge in [0.05, 0.1) is 12.5 Å². The maximum absolute atomic E-state index is 10.7. The first kappa shape index (κ1) is 13.7. The number of carboxylic acids is 1. The van der Waals surface area contributed by atoms with Crippen molar-refractivity contribution in [3.05, 3.63) is 35.4 Å². The van der Waals surface area contributed by atoms with E-state index in [2.05, 4.69) is 5.32 Å². The smallest absolute Gasteiger partial charge is 0.305 e. The molecule has 0 aliphatic carbocycles. The Morgan fingerprint density at radius 2 is 1.94 bits per heavy atom. The van der Waals surface area contributed by atoms with E-state index in [1.54, 1.807) is 0 Å². The van der Waals surface area contributed by atoms with Crippen molar-refractivity contribution in [2.45, 2.75) is 32.4 Å². The average molecular weight is 237 g/mol. The second-order valence-corrected chi connectivity index (χ2v) is 4.12. The van der Waals surface area contributed by atoms with Crippen molar-refractivity contribution in [1.29, 1.82) is 0 Å². The molecule has 4 heteroatoms. The van der Waals surface area contributed by atoms with Crippen molar-refractivity contribution in [3.8, 4) is 0 Å². The number of rotatable bonds is 6. The van der Waals surface area contributed by atoms with Crippen LogP contribution in [0.5, 0.6) is 0 Å². The van der Waals surface area contributed by atoms with Crippen LogP contribution in [0.2, 0.25) is 0 Å². The Kier molecular flexibility index (Phi) is 5.12. The Hall–Kier alpha value is -1.39. The topological polar surface area (TPSA) is 69.6 Å². The van der Waals surface area contributed by atoms with Crippen LogP contribution in [0.1, 0.15) is 30.6 Å². The molecule has 0 saturated carbocycles. The van der Waals surface area contributed by atoms with Crippen LogP contribution in [-0.2, 0) is 4.79 Å². The van der Waals surface area contributed by atoms with Crippen LogP contribution in [0.4, 0.5) is 0 Å². The van der Waals surface area contributed by atoms with Crippen LogP contribution in [0, 0.1) is 6.92 Å². The zero-order valence-corrected chi connectivity index (χ0v) is 10.2. The largest absolute Gasteiger partial charge is 0.481 e. The summed E-state index contributed by atoms with van der Waals surface area (Å²) in [6, 6.07) is 7.00. The minimum absolute atomic E-state index is 0.0944. The second-order valence-electron chi connectivity index (χ2n) is 4.12. The molecule has 0 radical (unpaired) electrons. The van der Waals surface area contributed by atoms with E-state index in [1.807, 2.05) is 38.1 Å². The second kappa shape index (κ2) is 6.37. The highest BCUT2D eigenvalue weighted by molar-refractivity contribution is 5.67. The van der Waals surface area contributed by atoms with Gasteiger partial charge in [0.15, 0.2) is 0 Å². The summed E-state index contributed by atoms with van der Waals surface area (Å²) in [4.78, 5) is 10.7. The third-order valence-corrected chi connectivity index (χ3v) is 2.66. The molecule has 0 saturated heterocycles. The summed E-state index contributed by atoms with van der Waals surface area (Å²) in [5.41, 5.74) is 1.85.